The smallest absolute Gasteiger partial charge is 0.406 e. The summed E-state index contributed by atoms with van der Waals surface area (Å²) in [5.41, 5.74) is 5.77. The molecule has 0 saturated carbocycles. The molecule has 2 saturated heterocycles. The van der Waals surface area contributed by atoms with E-state index in [4.69, 9.17) is 33.7 Å². The van der Waals surface area contributed by atoms with Crippen LogP contribution in [0.5, 0.6) is 0 Å². The second-order valence-electron chi connectivity index (χ2n) is 9.46. The topological polar surface area (TPSA) is 205 Å². The number of nitrogens with zero attached hydrogens (tertiary/aromatic N) is 4. The number of hydrogen-bond donors (Lipinski definition) is 3. The molecule has 16 nitrogen and oxygen atoms in total. The minimum Gasteiger partial charge on any atom is -0.465 e. The van der Waals surface area contributed by atoms with Gasteiger partial charge in [0.05, 0.1) is 19.6 Å². The molecule has 4 rings (SSSR count). The van der Waals surface area contributed by atoms with Gasteiger partial charge < -0.3 is 34.7 Å². The Morgan fingerprint density at radius 3 is 2.90 bits per heavy atom. The van der Waals surface area contributed by atoms with E-state index in [-0.39, 0.29) is 24.8 Å². The first-order valence-electron chi connectivity index (χ1n) is 12.3. The van der Waals surface area contributed by atoms with E-state index in [1.807, 2.05) is 13.8 Å². The van der Waals surface area contributed by atoms with Gasteiger partial charge >= 0.3 is 25.8 Å². The minimum atomic E-state index is -4.34. The van der Waals surface area contributed by atoms with Gasteiger partial charge in [0.2, 0.25) is 0 Å². The third-order valence-corrected chi connectivity index (χ3v) is 7.73. The molecule has 0 aliphatic carbocycles. The third-order valence-electron chi connectivity index (χ3n) is 6.15. The number of esters is 2. The number of aliphatic hydroxyl groups is 1. The number of nitrogens with one attached hydrogen (secondary N) is 1. The Bertz CT molecular complexity index is 1080. The van der Waals surface area contributed by atoms with Gasteiger partial charge in [0, 0.05) is 0 Å². The van der Waals surface area contributed by atoms with Crippen LogP contribution in [0.2, 0.25) is 0 Å². The summed E-state index contributed by atoms with van der Waals surface area (Å²) in [6.45, 7) is 3.60. The molecular formula is C21H32FN6O10P. The Morgan fingerprint density at radius 2 is 2.18 bits per heavy atom. The highest BCUT2D eigenvalue weighted by Gasteiger charge is 2.52. The standard InChI is InChI=1S/C21H32FN6O10P/c1-4-33-20(31)11(5-10(2)3)27-39(32)36-6-12-16(35-9-34-13(29)7-37-39)15(30)19(38-12)28-8-24-14-17(23)25-21(22)26-18(14)28/h8,10-12,14-16,18-19,30H,4-7,9H2,1-3H3,(H,27,32)(H2,23,25,26)/t11-,12?,14?,15-,16+,18?,19+,39?/m0/s1. The Kier molecular flexibility index (Phi) is 9.31. The maximum atomic E-state index is 13.9. The minimum absolute atomic E-state index is 0.00317. The average Bonchev–Trinajstić information content (AvgIpc) is 3.41. The second kappa shape index (κ2) is 12.3. The normalized spacial score (nSPS) is 35.8. The largest absolute Gasteiger partial charge is 0.465 e. The molecule has 2 fully saturated rings. The Hall–Kier alpha value is -2.53. The second-order valence-corrected chi connectivity index (χ2v) is 11.2. The van der Waals surface area contributed by atoms with Gasteiger partial charge in [-0.15, -0.1) is 0 Å². The maximum absolute atomic E-state index is 13.9. The van der Waals surface area contributed by atoms with Gasteiger partial charge in [0.1, 0.15) is 36.2 Å². The summed E-state index contributed by atoms with van der Waals surface area (Å²) in [5.74, 6) is -1.71. The maximum Gasteiger partial charge on any atom is 0.406 e. The van der Waals surface area contributed by atoms with Crippen molar-refractivity contribution in [2.45, 2.75) is 70.0 Å². The number of nitrogens with two attached hydrogens (primary N) is 1. The summed E-state index contributed by atoms with van der Waals surface area (Å²) in [6, 6.07) is -1.86. The highest BCUT2D eigenvalue weighted by atomic mass is 31.2. The zero-order valence-electron chi connectivity index (χ0n) is 21.5. The molecule has 4 heterocycles. The molecule has 4 N–H and O–H groups in total. The van der Waals surface area contributed by atoms with Crippen molar-refractivity contribution >= 4 is 37.9 Å². The van der Waals surface area contributed by atoms with Crippen molar-refractivity contribution in [2.24, 2.45) is 26.6 Å². The van der Waals surface area contributed by atoms with Crippen LogP contribution < -0.4 is 10.8 Å². The van der Waals surface area contributed by atoms with E-state index in [1.54, 1.807) is 6.92 Å². The van der Waals surface area contributed by atoms with Crippen molar-refractivity contribution < 1.29 is 51.6 Å². The molecule has 39 heavy (non-hydrogen) atoms. The number of aliphatic hydroxyl groups excluding tert-OH is 1. The molecule has 0 aromatic carbocycles. The van der Waals surface area contributed by atoms with E-state index in [0.29, 0.717) is 0 Å². The number of cyclic esters (lactones) is 1. The average molecular weight is 578 g/mol. The number of ether oxygens (including phenoxy) is 4. The molecule has 4 unspecified atom stereocenters. The number of carbonyl (C=O) groups excluding carboxylic acids is 2. The first-order chi connectivity index (χ1) is 18.5. The van der Waals surface area contributed by atoms with Crippen LogP contribution in [0.4, 0.5) is 4.39 Å². The predicted octanol–water partition coefficient (Wildman–Crippen LogP) is -0.585. The van der Waals surface area contributed by atoms with Crippen molar-refractivity contribution in [2.75, 3.05) is 26.6 Å². The summed E-state index contributed by atoms with van der Waals surface area (Å²) >= 11 is 0. The number of hydrogen-bond acceptors (Lipinski definition) is 15. The number of amidine groups is 2. The van der Waals surface area contributed by atoms with Gasteiger partial charge in [0.25, 0.3) is 0 Å². The van der Waals surface area contributed by atoms with Crippen LogP contribution in [0.1, 0.15) is 27.2 Å². The fraction of sp³-hybridized carbons (Fsp3) is 0.762. The van der Waals surface area contributed by atoms with Crippen molar-refractivity contribution in [3.63, 3.8) is 0 Å². The van der Waals surface area contributed by atoms with Gasteiger partial charge in [0.15, 0.2) is 25.8 Å². The van der Waals surface area contributed by atoms with Crippen LogP contribution in [0.15, 0.2) is 15.0 Å². The molecule has 0 amide bonds. The number of aliphatic imine (C=N–C) groups is 3. The van der Waals surface area contributed by atoms with Crippen LogP contribution in [-0.4, -0.2) is 110 Å². The fourth-order valence-electron chi connectivity index (χ4n) is 4.40. The monoisotopic (exact) mass is 578 g/mol. The van der Waals surface area contributed by atoms with Crippen molar-refractivity contribution in [1.29, 1.82) is 0 Å². The van der Waals surface area contributed by atoms with E-state index >= 15 is 0 Å². The molecular weight excluding hydrogens is 546 g/mol. The third kappa shape index (κ3) is 6.80. The zero-order chi connectivity index (χ0) is 28.3. The summed E-state index contributed by atoms with van der Waals surface area (Å²) in [7, 11) is -4.34. The molecule has 218 valence electrons. The first kappa shape index (κ1) is 29.5. The van der Waals surface area contributed by atoms with Crippen LogP contribution in [0.25, 0.3) is 0 Å². The lowest BCUT2D eigenvalue weighted by Crippen LogP contribution is -2.52. The molecule has 0 spiro atoms. The van der Waals surface area contributed by atoms with E-state index in [9.17, 15) is 23.7 Å². The van der Waals surface area contributed by atoms with Crippen LogP contribution in [0.3, 0.4) is 0 Å². The predicted molar refractivity (Wildman–Crippen MR) is 131 cm³/mol. The quantitative estimate of drug-likeness (QED) is 0.197. The SMILES string of the molecule is CCOC(=O)[C@H](CC(C)C)NP1(=O)OCC(=O)OCO[C@@H]2C(CO1)O[C@@H](N1C=NC3C(N)=NC(F)=NC31)[C@H]2O. The summed E-state index contributed by atoms with van der Waals surface area (Å²) in [4.78, 5) is 37.5. The highest BCUT2D eigenvalue weighted by Crippen LogP contribution is 2.46. The molecule has 4 aliphatic rings. The van der Waals surface area contributed by atoms with Crippen LogP contribution >= 0.6 is 7.75 Å². The summed E-state index contributed by atoms with van der Waals surface area (Å²) in [6.07, 6.45) is -5.32. The van der Waals surface area contributed by atoms with Crippen molar-refractivity contribution in [3.8, 4) is 0 Å². The highest BCUT2D eigenvalue weighted by molar-refractivity contribution is 7.51. The van der Waals surface area contributed by atoms with Gasteiger partial charge in [-0.1, -0.05) is 13.8 Å². The molecule has 18 heteroatoms. The molecule has 0 radical (unpaired) electrons. The van der Waals surface area contributed by atoms with Crippen LogP contribution in [-0.2, 0) is 42.1 Å². The lowest BCUT2D eigenvalue weighted by Gasteiger charge is -2.32. The molecule has 0 bridgehead atoms. The zero-order valence-corrected chi connectivity index (χ0v) is 22.4. The first-order valence-corrected chi connectivity index (χ1v) is 13.9. The molecule has 0 aromatic heterocycles. The number of fused-ring (bicyclic) bond motifs is 2. The van der Waals surface area contributed by atoms with E-state index in [1.165, 1.54) is 11.2 Å². The number of carbonyl (C=O) groups is 2. The summed E-state index contributed by atoms with van der Waals surface area (Å²) in [5, 5.41) is 13.6. The van der Waals surface area contributed by atoms with E-state index < -0.39 is 88.6 Å². The molecule has 8 atom stereocenters. The number of rotatable bonds is 7. The van der Waals surface area contributed by atoms with Crippen molar-refractivity contribution in [1.82, 2.24) is 9.99 Å². The van der Waals surface area contributed by atoms with Gasteiger partial charge in [-0.2, -0.15) is 9.38 Å². The number of halogens is 1. The lowest BCUT2D eigenvalue weighted by molar-refractivity contribution is -0.169. The van der Waals surface area contributed by atoms with Gasteiger partial charge in [-0.05, 0) is 19.3 Å². The Morgan fingerprint density at radius 1 is 1.41 bits per heavy atom. The van der Waals surface area contributed by atoms with E-state index in [0.717, 1.165) is 0 Å². The van der Waals surface area contributed by atoms with E-state index in [2.05, 4.69) is 20.1 Å². The Balaban J connectivity index is 1.53. The van der Waals surface area contributed by atoms with Gasteiger partial charge in [-0.25, -0.2) is 19.4 Å². The molecule has 4 aliphatic heterocycles. The lowest BCUT2D eigenvalue weighted by atomic mass is 10.1. The van der Waals surface area contributed by atoms with Crippen molar-refractivity contribution in [3.05, 3.63) is 0 Å². The molecule has 0 aromatic rings. The van der Waals surface area contributed by atoms with Gasteiger partial charge in [-0.3, -0.25) is 18.8 Å². The summed E-state index contributed by atoms with van der Waals surface area (Å²) < 4.78 is 59.9. The Labute approximate surface area is 223 Å². The fourth-order valence-corrected chi connectivity index (χ4v) is 5.84. The van der Waals surface area contributed by atoms with Crippen LogP contribution in [0, 0.1) is 5.92 Å².